The van der Waals surface area contributed by atoms with Crippen molar-refractivity contribution < 1.29 is 13.6 Å². The molecule has 2 atom stereocenters. The van der Waals surface area contributed by atoms with E-state index in [-0.39, 0.29) is 0 Å². The highest BCUT2D eigenvalue weighted by atomic mass is 32.5. The highest BCUT2D eigenvalue weighted by molar-refractivity contribution is 8.07. The minimum absolute atomic E-state index is 0.476. The standard InChI is InChI=1S/C15H27O3PS/c1-5-16-19(20,17-6-2)18-10-9-12-7-8-13-11-14(12)15(13,3)4/h7,13-14H,5-6,8-11H2,1-4H3. The quantitative estimate of drug-likeness (QED) is 0.479. The number of hydrogen-bond acceptors (Lipinski definition) is 4. The van der Waals surface area contributed by atoms with Crippen LogP contribution in [0.4, 0.5) is 0 Å². The van der Waals surface area contributed by atoms with Gasteiger partial charge in [0, 0.05) is 0 Å². The fourth-order valence-electron chi connectivity index (χ4n) is 3.46. The summed E-state index contributed by atoms with van der Waals surface area (Å²) in [5.41, 5.74) is 2.02. The van der Waals surface area contributed by atoms with E-state index in [2.05, 4.69) is 19.9 Å². The molecule has 0 aromatic heterocycles. The fourth-order valence-corrected chi connectivity index (χ4v) is 5.49. The van der Waals surface area contributed by atoms with Crippen LogP contribution in [0.25, 0.3) is 0 Å². The Morgan fingerprint density at radius 1 is 1.25 bits per heavy atom. The normalized spacial score (nSPS) is 27.9. The van der Waals surface area contributed by atoms with Gasteiger partial charge in [0.15, 0.2) is 0 Å². The lowest BCUT2D eigenvalue weighted by atomic mass is 9.48. The second-order valence-corrected chi connectivity index (χ2v) is 9.20. The lowest BCUT2D eigenvalue weighted by Crippen LogP contribution is -2.48. The average molecular weight is 318 g/mol. The summed E-state index contributed by atoms with van der Waals surface area (Å²) in [4.78, 5) is 0. The largest absolute Gasteiger partial charge is 0.327 e. The number of fused-ring (bicyclic) bond motifs is 1. The van der Waals surface area contributed by atoms with E-state index >= 15 is 0 Å². The summed E-state index contributed by atoms with van der Waals surface area (Å²) in [6.07, 6.45) is 5.95. The maximum atomic E-state index is 5.79. The third-order valence-electron chi connectivity index (χ3n) is 4.80. The van der Waals surface area contributed by atoms with Crippen molar-refractivity contribution in [3.05, 3.63) is 11.6 Å². The third kappa shape index (κ3) is 3.36. The van der Waals surface area contributed by atoms with E-state index in [4.69, 9.17) is 25.4 Å². The van der Waals surface area contributed by atoms with Gasteiger partial charge in [-0.05, 0) is 62.2 Å². The Balaban J connectivity index is 1.84. The van der Waals surface area contributed by atoms with E-state index in [0.717, 1.165) is 18.3 Å². The third-order valence-corrected chi connectivity index (χ3v) is 7.39. The molecule has 20 heavy (non-hydrogen) atoms. The van der Waals surface area contributed by atoms with Crippen molar-refractivity contribution in [2.45, 2.75) is 47.0 Å². The van der Waals surface area contributed by atoms with Crippen LogP contribution in [0, 0.1) is 17.3 Å². The summed E-state index contributed by atoms with van der Waals surface area (Å²) in [6, 6.07) is 0. The molecule has 2 unspecified atom stereocenters. The molecule has 0 spiro atoms. The van der Waals surface area contributed by atoms with Crippen LogP contribution in [0.2, 0.25) is 0 Å². The molecule has 3 aliphatic carbocycles. The van der Waals surface area contributed by atoms with Crippen LogP contribution in [0.5, 0.6) is 0 Å². The monoisotopic (exact) mass is 318 g/mol. The van der Waals surface area contributed by atoms with Gasteiger partial charge in [-0.3, -0.25) is 0 Å². The highest BCUT2D eigenvalue weighted by Gasteiger charge is 2.50. The van der Waals surface area contributed by atoms with Gasteiger partial charge in [0.2, 0.25) is 0 Å². The average Bonchev–Trinajstić information content (AvgIpc) is 2.39. The topological polar surface area (TPSA) is 27.7 Å². The molecule has 0 aliphatic heterocycles. The Morgan fingerprint density at radius 3 is 2.40 bits per heavy atom. The van der Waals surface area contributed by atoms with E-state index in [9.17, 15) is 0 Å². The van der Waals surface area contributed by atoms with Gasteiger partial charge >= 0.3 is 6.72 Å². The highest BCUT2D eigenvalue weighted by Crippen LogP contribution is 2.60. The summed E-state index contributed by atoms with van der Waals surface area (Å²) in [5.74, 6) is 1.62. The fraction of sp³-hybridized carbons (Fsp3) is 0.867. The zero-order valence-electron chi connectivity index (χ0n) is 13.1. The summed E-state index contributed by atoms with van der Waals surface area (Å²) >= 11 is 5.38. The maximum absolute atomic E-state index is 5.79. The van der Waals surface area contributed by atoms with Crippen LogP contribution in [-0.2, 0) is 25.4 Å². The Labute approximate surface area is 128 Å². The molecule has 0 aromatic rings. The Hall–Kier alpha value is 0.270. The van der Waals surface area contributed by atoms with Crippen LogP contribution >= 0.6 is 6.72 Å². The van der Waals surface area contributed by atoms with Gasteiger partial charge in [0.05, 0.1) is 19.8 Å². The molecular weight excluding hydrogens is 291 g/mol. The molecule has 5 heteroatoms. The molecule has 0 aromatic carbocycles. The Bertz CT molecular complexity index is 409. The SMILES string of the molecule is CCOP(=S)(OCC)OCCC1=CCC2CC1C2(C)C. The molecule has 0 heterocycles. The van der Waals surface area contributed by atoms with Crippen molar-refractivity contribution in [2.24, 2.45) is 17.3 Å². The van der Waals surface area contributed by atoms with E-state index < -0.39 is 6.72 Å². The smallest absolute Gasteiger partial charge is 0.309 e. The summed E-state index contributed by atoms with van der Waals surface area (Å²) in [6.45, 7) is 7.80. The van der Waals surface area contributed by atoms with Crippen LogP contribution < -0.4 is 0 Å². The zero-order valence-corrected chi connectivity index (χ0v) is 14.8. The summed E-state index contributed by atoms with van der Waals surface area (Å²) < 4.78 is 16.8. The molecule has 116 valence electrons. The van der Waals surface area contributed by atoms with E-state index in [0.29, 0.717) is 25.2 Å². The first kappa shape index (κ1) is 16.6. The number of rotatable bonds is 8. The Morgan fingerprint density at radius 2 is 1.90 bits per heavy atom. The minimum atomic E-state index is -2.52. The molecule has 0 amide bonds. The maximum Gasteiger partial charge on any atom is 0.327 e. The molecule has 3 aliphatic rings. The molecule has 0 N–H and O–H groups in total. The van der Waals surface area contributed by atoms with E-state index in [1.807, 2.05) is 13.8 Å². The van der Waals surface area contributed by atoms with Crippen LogP contribution in [-0.4, -0.2) is 19.8 Å². The van der Waals surface area contributed by atoms with Crippen molar-refractivity contribution in [3.8, 4) is 0 Å². The van der Waals surface area contributed by atoms with Crippen molar-refractivity contribution in [2.75, 3.05) is 19.8 Å². The van der Waals surface area contributed by atoms with Crippen LogP contribution in [0.1, 0.15) is 47.0 Å². The molecule has 1 fully saturated rings. The van der Waals surface area contributed by atoms with Gasteiger partial charge in [0.1, 0.15) is 0 Å². The van der Waals surface area contributed by atoms with Gasteiger partial charge in [-0.15, -0.1) is 0 Å². The molecule has 0 saturated heterocycles. The lowest BCUT2D eigenvalue weighted by molar-refractivity contribution is -0.00940. The summed E-state index contributed by atoms with van der Waals surface area (Å²) in [7, 11) is 0. The van der Waals surface area contributed by atoms with Gasteiger partial charge < -0.3 is 13.6 Å². The molecule has 2 bridgehead atoms. The van der Waals surface area contributed by atoms with Gasteiger partial charge in [-0.1, -0.05) is 25.5 Å². The van der Waals surface area contributed by atoms with Crippen LogP contribution in [0.15, 0.2) is 11.6 Å². The van der Waals surface area contributed by atoms with Gasteiger partial charge in [-0.2, -0.15) is 0 Å². The predicted molar refractivity (Wildman–Crippen MR) is 86.2 cm³/mol. The molecule has 3 rings (SSSR count). The van der Waals surface area contributed by atoms with Crippen LogP contribution in [0.3, 0.4) is 0 Å². The lowest BCUT2D eigenvalue weighted by Gasteiger charge is -2.56. The molecular formula is C15H27O3PS. The van der Waals surface area contributed by atoms with Crippen molar-refractivity contribution >= 4 is 18.5 Å². The zero-order chi connectivity index (χ0) is 14.8. The van der Waals surface area contributed by atoms with E-state index in [1.54, 1.807) is 5.57 Å². The van der Waals surface area contributed by atoms with Gasteiger partial charge in [0.25, 0.3) is 0 Å². The second kappa shape index (κ2) is 6.58. The van der Waals surface area contributed by atoms with Crippen molar-refractivity contribution in [1.82, 2.24) is 0 Å². The number of hydrogen-bond donors (Lipinski definition) is 0. The van der Waals surface area contributed by atoms with Crippen molar-refractivity contribution in [3.63, 3.8) is 0 Å². The second-order valence-electron chi connectivity index (χ2n) is 6.19. The summed E-state index contributed by atoms with van der Waals surface area (Å²) in [5, 5.41) is 0. The first-order valence-corrected chi connectivity index (χ1v) is 10.2. The minimum Gasteiger partial charge on any atom is -0.309 e. The predicted octanol–water partition coefficient (Wildman–Crippen LogP) is 4.68. The van der Waals surface area contributed by atoms with Gasteiger partial charge in [-0.25, -0.2) is 0 Å². The Kier molecular flexibility index (Phi) is 5.47. The molecule has 0 radical (unpaired) electrons. The molecule has 3 nitrogen and oxygen atoms in total. The first-order valence-electron chi connectivity index (χ1n) is 7.65. The first-order chi connectivity index (χ1) is 9.43. The molecule has 1 saturated carbocycles. The number of allylic oxidation sites excluding steroid dienone is 1. The van der Waals surface area contributed by atoms with E-state index in [1.165, 1.54) is 12.8 Å². The van der Waals surface area contributed by atoms with Crippen molar-refractivity contribution in [1.29, 1.82) is 0 Å².